The Hall–Kier alpha value is -4.46. The molecule has 0 aliphatic carbocycles. The molecule has 0 aliphatic rings. The first-order valence-electron chi connectivity index (χ1n) is 11.5. The Bertz CT molecular complexity index is 1250. The van der Waals surface area contributed by atoms with Crippen molar-refractivity contribution in [2.45, 2.75) is 19.6 Å². The number of ether oxygens (including phenoxy) is 3. The molecule has 186 valence electrons. The predicted molar refractivity (Wildman–Crippen MR) is 137 cm³/mol. The van der Waals surface area contributed by atoms with Gasteiger partial charge in [-0.3, -0.25) is 4.79 Å². The summed E-state index contributed by atoms with van der Waals surface area (Å²) in [6, 6.07) is 23.5. The van der Waals surface area contributed by atoms with Gasteiger partial charge in [-0.15, -0.1) is 0 Å². The second kappa shape index (κ2) is 11.8. The van der Waals surface area contributed by atoms with Gasteiger partial charge in [0.05, 0.1) is 21.3 Å². The number of nitrogens with zero attached hydrogens (tertiary/aromatic N) is 2. The van der Waals surface area contributed by atoms with Crippen LogP contribution in [0.25, 0.3) is 0 Å². The minimum atomic E-state index is -0.324. The first-order valence-corrected chi connectivity index (χ1v) is 11.5. The standard InChI is InChI=1S/C28H29N3O5/c1-33-23-10-4-7-20(13-23)16-29-27(32)26-19-36-28(30-26)31(17-21-8-5-11-24(14-21)34-2)18-22-9-6-12-25(15-22)35-3/h4-15,19H,16-18H2,1-3H3,(H,29,32). The van der Waals surface area contributed by atoms with Gasteiger partial charge in [-0.25, -0.2) is 0 Å². The van der Waals surface area contributed by atoms with Crippen molar-refractivity contribution >= 4 is 11.9 Å². The predicted octanol–water partition coefficient (Wildman–Crippen LogP) is 4.84. The number of oxazole rings is 1. The summed E-state index contributed by atoms with van der Waals surface area (Å²) in [6.07, 6.45) is 1.38. The fourth-order valence-corrected chi connectivity index (χ4v) is 3.74. The van der Waals surface area contributed by atoms with Crippen LogP contribution in [0.1, 0.15) is 27.2 Å². The number of aromatic nitrogens is 1. The van der Waals surface area contributed by atoms with Gasteiger partial charge in [-0.2, -0.15) is 4.98 Å². The summed E-state index contributed by atoms with van der Waals surface area (Å²) in [5.41, 5.74) is 3.15. The zero-order valence-corrected chi connectivity index (χ0v) is 20.6. The Morgan fingerprint density at radius 1 is 0.806 bits per heavy atom. The molecule has 0 bridgehead atoms. The normalized spacial score (nSPS) is 10.5. The van der Waals surface area contributed by atoms with Crippen LogP contribution in [0.5, 0.6) is 17.2 Å². The minimum absolute atomic E-state index is 0.203. The number of rotatable bonds is 11. The van der Waals surface area contributed by atoms with Gasteiger partial charge in [0, 0.05) is 19.6 Å². The Balaban J connectivity index is 1.52. The summed E-state index contributed by atoms with van der Waals surface area (Å²) < 4.78 is 21.7. The van der Waals surface area contributed by atoms with Gasteiger partial charge in [0.25, 0.3) is 11.9 Å². The number of amides is 1. The first-order chi connectivity index (χ1) is 17.6. The number of hydrogen-bond donors (Lipinski definition) is 1. The van der Waals surface area contributed by atoms with E-state index in [1.54, 1.807) is 21.3 Å². The van der Waals surface area contributed by atoms with E-state index in [1.165, 1.54) is 6.26 Å². The average molecular weight is 488 g/mol. The summed E-state index contributed by atoms with van der Waals surface area (Å²) in [5, 5.41) is 2.88. The van der Waals surface area contributed by atoms with Crippen molar-refractivity contribution in [1.29, 1.82) is 0 Å². The Kier molecular flexibility index (Phi) is 8.08. The van der Waals surface area contributed by atoms with Crippen LogP contribution >= 0.6 is 0 Å². The highest BCUT2D eigenvalue weighted by molar-refractivity contribution is 5.92. The van der Waals surface area contributed by atoms with Crippen molar-refractivity contribution in [2.75, 3.05) is 26.2 Å². The Morgan fingerprint density at radius 2 is 1.31 bits per heavy atom. The Labute approximate surface area is 210 Å². The van der Waals surface area contributed by atoms with Crippen LogP contribution in [0.3, 0.4) is 0 Å². The second-order valence-corrected chi connectivity index (χ2v) is 8.11. The van der Waals surface area contributed by atoms with Crippen LogP contribution in [0.15, 0.2) is 83.5 Å². The topological polar surface area (TPSA) is 86.1 Å². The van der Waals surface area contributed by atoms with Crippen LogP contribution in [0.4, 0.5) is 6.01 Å². The lowest BCUT2D eigenvalue weighted by Crippen LogP contribution is -2.25. The molecule has 0 aliphatic heterocycles. The minimum Gasteiger partial charge on any atom is -0.497 e. The zero-order chi connectivity index (χ0) is 25.3. The van der Waals surface area contributed by atoms with Gasteiger partial charge in [0.1, 0.15) is 23.5 Å². The summed E-state index contributed by atoms with van der Waals surface area (Å²) in [6.45, 7) is 1.34. The molecule has 1 heterocycles. The fraction of sp³-hybridized carbons (Fsp3) is 0.214. The first kappa shape index (κ1) is 24.7. The van der Waals surface area contributed by atoms with E-state index < -0.39 is 0 Å². The molecule has 1 amide bonds. The monoisotopic (exact) mass is 487 g/mol. The highest BCUT2D eigenvalue weighted by atomic mass is 16.5. The summed E-state index contributed by atoms with van der Waals surface area (Å²) >= 11 is 0. The molecule has 0 saturated carbocycles. The second-order valence-electron chi connectivity index (χ2n) is 8.11. The third-order valence-electron chi connectivity index (χ3n) is 5.60. The van der Waals surface area contributed by atoms with Crippen LogP contribution in [-0.4, -0.2) is 32.2 Å². The van der Waals surface area contributed by atoms with Crippen molar-refractivity contribution in [3.05, 3.63) is 101 Å². The third-order valence-corrected chi connectivity index (χ3v) is 5.60. The molecule has 36 heavy (non-hydrogen) atoms. The van der Waals surface area contributed by atoms with Crippen LogP contribution < -0.4 is 24.4 Å². The number of carbonyl (C=O) groups is 1. The summed E-state index contributed by atoms with van der Waals surface area (Å²) in [7, 11) is 4.88. The van der Waals surface area contributed by atoms with Gasteiger partial charge in [0.15, 0.2) is 5.69 Å². The molecule has 0 fully saturated rings. The number of anilines is 1. The molecule has 0 spiro atoms. The maximum Gasteiger partial charge on any atom is 0.298 e. The van der Waals surface area contributed by atoms with E-state index in [0.29, 0.717) is 25.6 Å². The van der Waals surface area contributed by atoms with Crippen LogP contribution in [0, 0.1) is 0 Å². The van der Waals surface area contributed by atoms with Gasteiger partial charge in [-0.05, 0) is 53.1 Å². The van der Waals surface area contributed by atoms with E-state index >= 15 is 0 Å². The van der Waals surface area contributed by atoms with E-state index in [9.17, 15) is 4.79 Å². The van der Waals surface area contributed by atoms with Gasteiger partial charge >= 0.3 is 0 Å². The lowest BCUT2D eigenvalue weighted by Gasteiger charge is -2.21. The quantitative estimate of drug-likeness (QED) is 0.324. The maximum atomic E-state index is 12.8. The van der Waals surface area contributed by atoms with Crippen molar-refractivity contribution < 1.29 is 23.4 Å². The molecule has 0 saturated heterocycles. The van der Waals surface area contributed by atoms with E-state index in [1.807, 2.05) is 77.7 Å². The molecule has 1 aromatic heterocycles. The molecule has 4 rings (SSSR count). The summed E-state index contributed by atoms with van der Waals surface area (Å²) in [5.74, 6) is 1.93. The zero-order valence-electron chi connectivity index (χ0n) is 20.6. The lowest BCUT2D eigenvalue weighted by molar-refractivity contribution is 0.0946. The fourth-order valence-electron chi connectivity index (χ4n) is 3.74. The highest BCUT2D eigenvalue weighted by Crippen LogP contribution is 2.23. The molecule has 8 heteroatoms. The third kappa shape index (κ3) is 6.35. The van der Waals surface area contributed by atoms with Crippen molar-refractivity contribution in [3.63, 3.8) is 0 Å². The maximum absolute atomic E-state index is 12.8. The van der Waals surface area contributed by atoms with E-state index in [2.05, 4.69) is 10.3 Å². The number of carbonyl (C=O) groups excluding carboxylic acids is 1. The van der Waals surface area contributed by atoms with Gasteiger partial charge in [0.2, 0.25) is 0 Å². The van der Waals surface area contributed by atoms with Crippen molar-refractivity contribution in [2.24, 2.45) is 0 Å². The number of hydrogen-bond acceptors (Lipinski definition) is 7. The SMILES string of the molecule is COc1cccc(CNC(=O)c2coc(N(Cc3cccc(OC)c3)Cc3cccc(OC)c3)n2)c1. The van der Waals surface area contributed by atoms with E-state index in [0.717, 1.165) is 33.9 Å². The Morgan fingerprint density at radius 3 is 1.83 bits per heavy atom. The molecule has 0 unspecified atom stereocenters. The molecule has 0 radical (unpaired) electrons. The largest absolute Gasteiger partial charge is 0.497 e. The molecular weight excluding hydrogens is 458 g/mol. The smallest absolute Gasteiger partial charge is 0.298 e. The molecule has 8 nitrogen and oxygen atoms in total. The number of nitrogens with one attached hydrogen (secondary N) is 1. The molecular formula is C28H29N3O5. The lowest BCUT2D eigenvalue weighted by atomic mass is 10.1. The van der Waals surface area contributed by atoms with E-state index in [4.69, 9.17) is 18.6 Å². The van der Waals surface area contributed by atoms with Crippen LogP contribution in [0.2, 0.25) is 0 Å². The van der Waals surface area contributed by atoms with Crippen molar-refractivity contribution in [1.82, 2.24) is 10.3 Å². The molecule has 3 aromatic carbocycles. The number of methoxy groups -OCH3 is 3. The van der Waals surface area contributed by atoms with Gasteiger partial charge < -0.3 is 28.8 Å². The average Bonchev–Trinajstić information content (AvgIpc) is 3.42. The molecule has 4 aromatic rings. The van der Waals surface area contributed by atoms with Gasteiger partial charge in [-0.1, -0.05) is 36.4 Å². The molecule has 1 N–H and O–H groups in total. The van der Waals surface area contributed by atoms with Crippen LogP contribution in [-0.2, 0) is 19.6 Å². The highest BCUT2D eigenvalue weighted by Gasteiger charge is 2.19. The summed E-state index contributed by atoms with van der Waals surface area (Å²) in [4.78, 5) is 19.2. The number of benzene rings is 3. The van der Waals surface area contributed by atoms with E-state index in [-0.39, 0.29) is 11.6 Å². The van der Waals surface area contributed by atoms with Crippen molar-refractivity contribution in [3.8, 4) is 17.2 Å². The molecule has 0 atom stereocenters.